The standard InChI is InChI=1S/C11H15FO/c1-8-4-9(6-10(12)5-8)11(2,3)7-13/h4-6,13H,7H2,1-3H3. The SMILES string of the molecule is Cc1cc(F)cc(C(C)(C)CO)c1. The van der Waals surface area contributed by atoms with E-state index in [0.717, 1.165) is 11.1 Å². The van der Waals surface area contributed by atoms with Crippen molar-refractivity contribution in [3.8, 4) is 0 Å². The fourth-order valence-corrected chi connectivity index (χ4v) is 1.22. The second kappa shape index (κ2) is 3.46. The van der Waals surface area contributed by atoms with Crippen LogP contribution in [0.3, 0.4) is 0 Å². The van der Waals surface area contributed by atoms with Crippen LogP contribution in [-0.4, -0.2) is 11.7 Å². The van der Waals surface area contributed by atoms with Crippen molar-refractivity contribution in [3.05, 3.63) is 35.1 Å². The molecule has 0 saturated heterocycles. The fourth-order valence-electron chi connectivity index (χ4n) is 1.22. The normalized spacial score (nSPS) is 11.8. The molecule has 0 unspecified atom stereocenters. The molecule has 72 valence electrons. The summed E-state index contributed by atoms with van der Waals surface area (Å²) in [5, 5.41) is 9.11. The van der Waals surface area contributed by atoms with Crippen molar-refractivity contribution in [2.24, 2.45) is 0 Å². The predicted molar refractivity (Wildman–Crippen MR) is 51.2 cm³/mol. The van der Waals surface area contributed by atoms with Crippen molar-refractivity contribution in [3.63, 3.8) is 0 Å². The van der Waals surface area contributed by atoms with Gasteiger partial charge < -0.3 is 5.11 Å². The maximum absolute atomic E-state index is 13.0. The monoisotopic (exact) mass is 182 g/mol. The van der Waals surface area contributed by atoms with E-state index in [9.17, 15) is 4.39 Å². The van der Waals surface area contributed by atoms with Gasteiger partial charge in [-0.05, 0) is 30.2 Å². The van der Waals surface area contributed by atoms with E-state index in [2.05, 4.69) is 0 Å². The fraction of sp³-hybridized carbons (Fsp3) is 0.455. The Bertz CT molecular complexity index is 285. The number of halogens is 1. The van der Waals surface area contributed by atoms with E-state index in [1.54, 1.807) is 0 Å². The van der Waals surface area contributed by atoms with Gasteiger partial charge in [-0.2, -0.15) is 0 Å². The second-order valence-electron chi connectivity index (χ2n) is 4.06. The third-order valence-electron chi connectivity index (χ3n) is 2.22. The molecule has 0 spiro atoms. The molecular weight excluding hydrogens is 167 g/mol. The first-order valence-electron chi connectivity index (χ1n) is 4.34. The number of rotatable bonds is 2. The van der Waals surface area contributed by atoms with Crippen LogP contribution in [0.25, 0.3) is 0 Å². The Balaban J connectivity index is 3.15. The zero-order chi connectivity index (χ0) is 10.1. The Hall–Kier alpha value is -0.890. The molecule has 0 heterocycles. The van der Waals surface area contributed by atoms with Crippen LogP contribution in [0, 0.1) is 12.7 Å². The first kappa shape index (κ1) is 10.2. The van der Waals surface area contributed by atoms with Gasteiger partial charge in [0.1, 0.15) is 5.82 Å². The van der Waals surface area contributed by atoms with Gasteiger partial charge in [-0.25, -0.2) is 4.39 Å². The highest BCUT2D eigenvalue weighted by Crippen LogP contribution is 2.24. The molecule has 1 aromatic rings. The van der Waals surface area contributed by atoms with E-state index in [4.69, 9.17) is 5.11 Å². The van der Waals surface area contributed by atoms with Crippen molar-refractivity contribution in [1.82, 2.24) is 0 Å². The van der Waals surface area contributed by atoms with Crippen molar-refractivity contribution < 1.29 is 9.50 Å². The molecule has 0 fully saturated rings. The topological polar surface area (TPSA) is 20.2 Å². The molecule has 0 radical (unpaired) electrons. The third kappa shape index (κ3) is 2.28. The van der Waals surface area contributed by atoms with Gasteiger partial charge in [-0.15, -0.1) is 0 Å². The van der Waals surface area contributed by atoms with Gasteiger partial charge in [0.15, 0.2) is 0 Å². The number of aryl methyl sites for hydroxylation is 1. The van der Waals surface area contributed by atoms with Crippen LogP contribution >= 0.6 is 0 Å². The average molecular weight is 182 g/mol. The minimum atomic E-state index is -0.368. The van der Waals surface area contributed by atoms with Gasteiger partial charge in [-0.3, -0.25) is 0 Å². The summed E-state index contributed by atoms with van der Waals surface area (Å²) in [6.45, 7) is 5.65. The van der Waals surface area contributed by atoms with E-state index < -0.39 is 0 Å². The zero-order valence-electron chi connectivity index (χ0n) is 8.26. The van der Waals surface area contributed by atoms with Gasteiger partial charge in [-0.1, -0.05) is 19.9 Å². The van der Waals surface area contributed by atoms with Crippen molar-refractivity contribution >= 4 is 0 Å². The van der Waals surface area contributed by atoms with Gasteiger partial charge in [0, 0.05) is 5.41 Å². The molecule has 0 aliphatic heterocycles. The zero-order valence-corrected chi connectivity index (χ0v) is 8.26. The highest BCUT2D eigenvalue weighted by Gasteiger charge is 2.19. The number of aliphatic hydroxyl groups excluding tert-OH is 1. The number of benzene rings is 1. The Morgan fingerprint density at radius 2 is 1.92 bits per heavy atom. The molecule has 0 aliphatic rings. The molecule has 1 nitrogen and oxygen atoms in total. The summed E-state index contributed by atoms with van der Waals surface area (Å²) >= 11 is 0. The minimum absolute atomic E-state index is 0.0237. The highest BCUT2D eigenvalue weighted by molar-refractivity contribution is 5.29. The number of hydrogen-bond donors (Lipinski definition) is 1. The summed E-state index contributed by atoms with van der Waals surface area (Å²) in [7, 11) is 0. The number of hydrogen-bond acceptors (Lipinski definition) is 1. The molecule has 2 heteroatoms. The lowest BCUT2D eigenvalue weighted by molar-refractivity contribution is 0.218. The lowest BCUT2D eigenvalue weighted by Gasteiger charge is -2.22. The summed E-state index contributed by atoms with van der Waals surface area (Å²) in [6, 6.07) is 4.86. The molecule has 1 N–H and O–H groups in total. The molecule has 1 aromatic carbocycles. The van der Waals surface area contributed by atoms with E-state index in [1.165, 1.54) is 12.1 Å². The van der Waals surface area contributed by atoms with Crippen LogP contribution in [0.4, 0.5) is 4.39 Å². The van der Waals surface area contributed by atoms with Crippen LogP contribution in [0.2, 0.25) is 0 Å². The van der Waals surface area contributed by atoms with Crippen LogP contribution in [-0.2, 0) is 5.41 Å². The first-order chi connectivity index (χ1) is 5.95. The molecule has 13 heavy (non-hydrogen) atoms. The minimum Gasteiger partial charge on any atom is -0.395 e. The predicted octanol–water partition coefficient (Wildman–Crippen LogP) is 2.40. The maximum atomic E-state index is 13.0. The van der Waals surface area contributed by atoms with Gasteiger partial charge >= 0.3 is 0 Å². The molecule has 0 amide bonds. The summed E-state index contributed by atoms with van der Waals surface area (Å²) in [4.78, 5) is 0. The summed E-state index contributed by atoms with van der Waals surface area (Å²) < 4.78 is 13.0. The average Bonchev–Trinajstić information content (AvgIpc) is 2.02. The smallest absolute Gasteiger partial charge is 0.123 e. The van der Waals surface area contributed by atoms with E-state index >= 15 is 0 Å². The molecule has 1 rings (SSSR count). The largest absolute Gasteiger partial charge is 0.395 e. The molecule has 0 aliphatic carbocycles. The van der Waals surface area contributed by atoms with Crippen molar-refractivity contribution in [2.75, 3.05) is 6.61 Å². The molecule has 0 atom stereocenters. The Morgan fingerprint density at radius 3 is 2.38 bits per heavy atom. The summed E-state index contributed by atoms with van der Waals surface area (Å²) in [5.41, 5.74) is 1.36. The van der Waals surface area contributed by atoms with Gasteiger partial charge in [0.2, 0.25) is 0 Å². The first-order valence-corrected chi connectivity index (χ1v) is 4.34. The lowest BCUT2D eigenvalue weighted by Crippen LogP contribution is -2.22. The van der Waals surface area contributed by atoms with Crippen molar-refractivity contribution in [1.29, 1.82) is 0 Å². The quantitative estimate of drug-likeness (QED) is 0.744. The van der Waals surface area contributed by atoms with E-state index in [0.29, 0.717) is 0 Å². The van der Waals surface area contributed by atoms with E-state index in [1.807, 2.05) is 26.8 Å². The van der Waals surface area contributed by atoms with Crippen LogP contribution in [0.15, 0.2) is 18.2 Å². The van der Waals surface area contributed by atoms with Crippen LogP contribution in [0.5, 0.6) is 0 Å². The lowest BCUT2D eigenvalue weighted by atomic mass is 9.85. The number of aliphatic hydroxyl groups is 1. The van der Waals surface area contributed by atoms with Crippen LogP contribution < -0.4 is 0 Å². The van der Waals surface area contributed by atoms with Crippen LogP contribution in [0.1, 0.15) is 25.0 Å². The second-order valence-corrected chi connectivity index (χ2v) is 4.06. The van der Waals surface area contributed by atoms with Gasteiger partial charge in [0.25, 0.3) is 0 Å². The maximum Gasteiger partial charge on any atom is 0.123 e. The van der Waals surface area contributed by atoms with E-state index in [-0.39, 0.29) is 17.8 Å². The van der Waals surface area contributed by atoms with Gasteiger partial charge in [0.05, 0.1) is 6.61 Å². The Labute approximate surface area is 78.2 Å². The summed E-state index contributed by atoms with van der Waals surface area (Å²) in [5.74, 6) is -0.239. The molecule has 0 saturated carbocycles. The molecular formula is C11H15FO. The highest BCUT2D eigenvalue weighted by atomic mass is 19.1. The Kier molecular flexibility index (Phi) is 2.71. The molecule has 0 aromatic heterocycles. The third-order valence-corrected chi connectivity index (χ3v) is 2.22. The summed E-state index contributed by atoms with van der Waals surface area (Å²) in [6.07, 6.45) is 0. The van der Waals surface area contributed by atoms with Crippen molar-refractivity contribution in [2.45, 2.75) is 26.2 Å². The Morgan fingerprint density at radius 1 is 1.31 bits per heavy atom. The molecule has 0 bridgehead atoms.